The molecule has 2 aromatic heterocycles. The average Bonchev–Trinajstić information content (AvgIpc) is 2.92. The molecule has 3 rings (SSSR count). The van der Waals surface area contributed by atoms with Crippen LogP contribution in [0, 0.1) is 0 Å². The molecule has 148 valence electrons. The molecule has 0 saturated carbocycles. The van der Waals surface area contributed by atoms with Crippen molar-refractivity contribution in [3.05, 3.63) is 48.3 Å². The Bertz CT molecular complexity index is 968. The summed E-state index contributed by atoms with van der Waals surface area (Å²) in [6, 6.07) is 8.18. The van der Waals surface area contributed by atoms with E-state index in [4.69, 9.17) is 4.74 Å². The van der Waals surface area contributed by atoms with E-state index in [9.17, 15) is 18.0 Å². The highest BCUT2D eigenvalue weighted by atomic mass is 19.4. The van der Waals surface area contributed by atoms with Gasteiger partial charge in [0.15, 0.2) is 5.82 Å². The predicted molar refractivity (Wildman–Crippen MR) is 98.1 cm³/mol. The van der Waals surface area contributed by atoms with Crippen LogP contribution in [0.2, 0.25) is 0 Å². The summed E-state index contributed by atoms with van der Waals surface area (Å²) in [6.07, 6.45) is -1.49. The maximum atomic E-state index is 13.0. The molecule has 3 aromatic rings. The number of fused-ring (bicyclic) bond motifs is 1. The summed E-state index contributed by atoms with van der Waals surface area (Å²) in [7, 11) is 0. The molecule has 1 aromatic carbocycles. The molecule has 0 aliphatic carbocycles. The van der Waals surface area contributed by atoms with Gasteiger partial charge in [-0.05, 0) is 37.6 Å². The Morgan fingerprint density at radius 3 is 2.68 bits per heavy atom. The Balaban J connectivity index is 1.98. The van der Waals surface area contributed by atoms with Crippen molar-refractivity contribution in [2.24, 2.45) is 0 Å². The normalized spacial score (nSPS) is 11.8. The Hall–Kier alpha value is -3.10. The van der Waals surface area contributed by atoms with Crippen LogP contribution in [0.4, 0.5) is 19.0 Å². The lowest BCUT2D eigenvalue weighted by Crippen LogP contribution is -2.19. The molecular formula is C19H19F3N4O2. The number of hydrogen-bond donors (Lipinski definition) is 1. The second-order valence-corrected chi connectivity index (χ2v) is 6.52. The van der Waals surface area contributed by atoms with Crippen LogP contribution < -0.4 is 10.1 Å². The predicted octanol–water partition coefficient (Wildman–Crippen LogP) is 3.96. The largest absolute Gasteiger partial charge is 0.490 e. The summed E-state index contributed by atoms with van der Waals surface area (Å²) < 4.78 is 45.4. The first-order chi connectivity index (χ1) is 13.2. The van der Waals surface area contributed by atoms with Crippen LogP contribution in [0.25, 0.3) is 10.9 Å². The molecule has 0 aliphatic heterocycles. The number of nitrogens with one attached hydrogen (secondary N) is 1. The van der Waals surface area contributed by atoms with E-state index >= 15 is 0 Å². The standard InChI is InChI=1S/C19H19F3N4O2/c1-12(2)28-15-7-3-6-14-17(15)18(25-26(14)11-19(20,21)22)24-16(27)9-13-5-4-8-23-10-13/h3-8,10,12H,9,11H2,1-2H3,(H,24,25,27). The highest BCUT2D eigenvalue weighted by Crippen LogP contribution is 2.34. The number of alkyl halides is 3. The number of pyridine rings is 1. The van der Waals surface area contributed by atoms with Crippen LogP contribution in [-0.2, 0) is 17.8 Å². The van der Waals surface area contributed by atoms with Gasteiger partial charge in [0.1, 0.15) is 12.3 Å². The van der Waals surface area contributed by atoms with E-state index in [1.807, 2.05) is 0 Å². The summed E-state index contributed by atoms with van der Waals surface area (Å²) in [6.45, 7) is 2.34. The number of aromatic nitrogens is 3. The molecule has 1 N–H and O–H groups in total. The minimum absolute atomic E-state index is 0.0225. The SMILES string of the molecule is CC(C)Oc1cccc2c1c(NC(=O)Cc1cccnc1)nn2CC(F)(F)F. The molecule has 28 heavy (non-hydrogen) atoms. The zero-order valence-electron chi connectivity index (χ0n) is 15.3. The Morgan fingerprint density at radius 1 is 1.25 bits per heavy atom. The fraction of sp³-hybridized carbons (Fsp3) is 0.316. The minimum atomic E-state index is -4.45. The number of halogens is 3. The monoisotopic (exact) mass is 392 g/mol. The van der Waals surface area contributed by atoms with Crippen molar-refractivity contribution in [2.45, 2.75) is 39.1 Å². The fourth-order valence-corrected chi connectivity index (χ4v) is 2.79. The lowest BCUT2D eigenvalue weighted by Gasteiger charge is -2.12. The second-order valence-electron chi connectivity index (χ2n) is 6.52. The Kier molecular flexibility index (Phi) is 5.53. The van der Waals surface area contributed by atoms with Gasteiger partial charge < -0.3 is 10.1 Å². The van der Waals surface area contributed by atoms with Gasteiger partial charge in [0.05, 0.1) is 23.4 Å². The maximum absolute atomic E-state index is 13.0. The number of amides is 1. The first kappa shape index (κ1) is 19.7. The zero-order valence-corrected chi connectivity index (χ0v) is 15.3. The lowest BCUT2D eigenvalue weighted by atomic mass is 10.2. The Morgan fingerprint density at radius 2 is 2.04 bits per heavy atom. The second kappa shape index (κ2) is 7.87. The first-order valence-corrected chi connectivity index (χ1v) is 8.64. The molecule has 2 heterocycles. The average molecular weight is 392 g/mol. The number of rotatable bonds is 6. The third-order valence-electron chi connectivity index (χ3n) is 3.78. The molecule has 0 saturated heterocycles. The van der Waals surface area contributed by atoms with E-state index < -0.39 is 18.6 Å². The number of carbonyl (C=O) groups excluding carboxylic acids is 1. The van der Waals surface area contributed by atoms with Gasteiger partial charge in [-0.1, -0.05) is 12.1 Å². The Labute approximate surface area is 159 Å². The summed E-state index contributed by atoms with van der Waals surface area (Å²) >= 11 is 0. The molecule has 0 atom stereocenters. The fourth-order valence-electron chi connectivity index (χ4n) is 2.79. The van der Waals surface area contributed by atoms with E-state index in [0.29, 0.717) is 16.7 Å². The van der Waals surface area contributed by atoms with Gasteiger partial charge in [0.25, 0.3) is 0 Å². The smallest absolute Gasteiger partial charge is 0.408 e. The summed E-state index contributed by atoms with van der Waals surface area (Å²) in [4.78, 5) is 16.3. The van der Waals surface area contributed by atoms with Gasteiger partial charge in [-0.2, -0.15) is 18.3 Å². The van der Waals surface area contributed by atoms with Crippen molar-refractivity contribution in [2.75, 3.05) is 5.32 Å². The first-order valence-electron chi connectivity index (χ1n) is 8.64. The number of hydrogen-bond acceptors (Lipinski definition) is 4. The molecular weight excluding hydrogens is 373 g/mol. The van der Waals surface area contributed by atoms with E-state index in [2.05, 4.69) is 15.4 Å². The van der Waals surface area contributed by atoms with Gasteiger partial charge in [-0.25, -0.2) is 0 Å². The van der Waals surface area contributed by atoms with Crippen molar-refractivity contribution in [3.8, 4) is 5.75 Å². The summed E-state index contributed by atoms with van der Waals surface area (Å²) in [5, 5.41) is 6.93. The molecule has 0 aliphatic rings. The van der Waals surface area contributed by atoms with Gasteiger partial charge >= 0.3 is 6.18 Å². The van der Waals surface area contributed by atoms with Gasteiger partial charge in [-0.3, -0.25) is 14.5 Å². The number of ether oxygens (including phenoxy) is 1. The van der Waals surface area contributed by atoms with Gasteiger partial charge in [-0.15, -0.1) is 0 Å². The van der Waals surface area contributed by atoms with E-state index in [-0.39, 0.29) is 23.9 Å². The molecule has 0 spiro atoms. The molecule has 0 unspecified atom stereocenters. The zero-order chi connectivity index (χ0) is 20.3. The molecule has 1 amide bonds. The van der Waals surface area contributed by atoms with Crippen LogP contribution in [0.3, 0.4) is 0 Å². The molecule has 9 heteroatoms. The summed E-state index contributed by atoms with van der Waals surface area (Å²) in [5.41, 5.74) is 0.907. The van der Waals surface area contributed by atoms with Crippen molar-refractivity contribution < 1.29 is 22.7 Å². The van der Waals surface area contributed by atoms with Crippen molar-refractivity contribution in [3.63, 3.8) is 0 Å². The van der Waals surface area contributed by atoms with Crippen LogP contribution >= 0.6 is 0 Å². The van der Waals surface area contributed by atoms with Crippen LogP contribution in [0.15, 0.2) is 42.7 Å². The van der Waals surface area contributed by atoms with Crippen LogP contribution in [0.5, 0.6) is 5.75 Å². The molecule has 0 radical (unpaired) electrons. The number of benzene rings is 1. The van der Waals surface area contributed by atoms with Crippen molar-refractivity contribution in [1.82, 2.24) is 14.8 Å². The quantitative estimate of drug-likeness (QED) is 0.689. The third kappa shape index (κ3) is 4.79. The highest BCUT2D eigenvalue weighted by Gasteiger charge is 2.30. The highest BCUT2D eigenvalue weighted by molar-refractivity contribution is 6.03. The van der Waals surface area contributed by atoms with Crippen LogP contribution in [-0.4, -0.2) is 33.0 Å². The number of nitrogens with zero attached hydrogens (tertiary/aromatic N) is 3. The van der Waals surface area contributed by atoms with Crippen LogP contribution in [0.1, 0.15) is 19.4 Å². The van der Waals surface area contributed by atoms with Crippen molar-refractivity contribution >= 4 is 22.6 Å². The maximum Gasteiger partial charge on any atom is 0.408 e. The lowest BCUT2D eigenvalue weighted by molar-refractivity contribution is -0.141. The number of carbonyl (C=O) groups is 1. The third-order valence-corrected chi connectivity index (χ3v) is 3.78. The van der Waals surface area contributed by atoms with Gasteiger partial charge in [0, 0.05) is 12.4 Å². The number of anilines is 1. The van der Waals surface area contributed by atoms with E-state index in [1.54, 1.807) is 50.5 Å². The molecule has 0 fully saturated rings. The molecule has 6 nitrogen and oxygen atoms in total. The summed E-state index contributed by atoms with van der Waals surface area (Å²) in [5.74, 6) is -0.0205. The van der Waals surface area contributed by atoms with E-state index in [0.717, 1.165) is 4.68 Å². The van der Waals surface area contributed by atoms with Gasteiger partial charge in [0.2, 0.25) is 5.91 Å². The molecule has 0 bridgehead atoms. The van der Waals surface area contributed by atoms with Crippen molar-refractivity contribution in [1.29, 1.82) is 0 Å². The van der Waals surface area contributed by atoms with E-state index in [1.165, 1.54) is 6.07 Å². The topological polar surface area (TPSA) is 69.0 Å². The minimum Gasteiger partial charge on any atom is -0.490 e.